The van der Waals surface area contributed by atoms with Gasteiger partial charge in [0, 0.05) is 10.0 Å². The number of rotatable bonds is 12. The van der Waals surface area contributed by atoms with Crippen molar-refractivity contribution < 1.29 is 33.3 Å². The Labute approximate surface area is 275 Å². The minimum absolute atomic E-state index is 0.236. The molecular weight excluding hydrogens is 617 g/mol. The van der Waals surface area contributed by atoms with E-state index in [1.807, 2.05) is 60.4 Å². The highest BCUT2D eigenvalue weighted by Crippen LogP contribution is 2.45. The van der Waals surface area contributed by atoms with Gasteiger partial charge in [0.15, 0.2) is 11.5 Å². The third-order valence-electron chi connectivity index (χ3n) is 7.48. The summed E-state index contributed by atoms with van der Waals surface area (Å²) in [7, 11) is 3.17. The second-order valence-electron chi connectivity index (χ2n) is 11.9. The molecule has 1 unspecified atom stereocenters. The lowest BCUT2D eigenvalue weighted by Crippen LogP contribution is -2.56. The zero-order valence-electron chi connectivity index (χ0n) is 26.5. The maximum Gasteiger partial charge on any atom is 0.309 e. The van der Waals surface area contributed by atoms with Crippen LogP contribution in [0, 0.1) is 0 Å². The molecule has 1 aliphatic rings. The average molecular weight is 659 g/mol. The molecule has 45 heavy (non-hydrogen) atoms. The number of hydrogen-bond donors (Lipinski definition) is 0. The Bertz CT molecular complexity index is 1460. The number of hydrogen-bond acceptors (Lipinski definition) is 7. The first-order valence-electron chi connectivity index (χ1n) is 14.9. The monoisotopic (exact) mass is 657 g/mol. The van der Waals surface area contributed by atoms with Gasteiger partial charge in [0.25, 0.3) is 5.91 Å². The lowest BCUT2D eigenvalue weighted by atomic mass is 9.89. The molecule has 1 fully saturated rings. The van der Waals surface area contributed by atoms with Crippen molar-refractivity contribution in [2.45, 2.75) is 77.0 Å². The van der Waals surface area contributed by atoms with Crippen molar-refractivity contribution in [2.24, 2.45) is 0 Å². The summed E-state index contributed by atoms with van der Waals surface area (Å²) in [5.41, 5.74) is 1.78. The Hall–Kier alpha value is -3.30. The van der Waals surface area contributed by atoms with E-state index < -0.39 is 29.8 Å². The van der Waals surface area contributed by atoms with Crippen molar-refractivity contribution in [1.29, 1.82) is 0 Å². The number of carbonyl (C=O) groups is 2. The molecule has 1 amide bonds. The van der Waals surface area contributed by atoms with E-state index in [9.17, 15) is 9.59 Å². The second-order valence-corrected chi connectivity index (χ2v) is 12.8. The first kappa shape index (κ1) is 34.6. The molecule has 8 nitrogen and oxygen atoms in total. The predicted molar refractivity (Wildman–Crippen MR) is 174 cm³/mol. The number of benzene rings is 3. The summed E-state index contributed by atoms with van der Waals surface area (Å²) in [5, 5.41) is 1.10. The van der Waals surface area contributed by atoms with E-state index in [1.165, 1.54) is 0 Å². The molecule has 0 bridgehead atoms. The van der Waals surface area contributed by atoms with Gasteiger partial charge in [-0.2, -0.15) is 0 Å². The summed E-state index contributed by atoms with van der Waals surface area (Å²) < 4.78 is 29.1. The molecule has 10 heteroatoms. The van der Waals surface area contributed by atoms with Crippen LogP contribution in [0.3, 0.4) is 0 Å². The van der Waals surface area contributed by atoms with Crippen LogP contribution in [0.2, 0.25) is 10.0 Å². The molecule has 0 spiro atoms. The van der Waals surface area contributed by atoms with Crippen molar-refractivity contribution in [3.05, 3.63) is 93.5 Å². The summed E-state index contributed by atoms with van der Waals surface area (Å²) in [6, 6.07) is 19.4. The summed E-state index contributed by atoms with van der Waals surface area (Å²) in [6.07, 6.45) is -1.37. The van der Waals surface area contributed by atoms with Crippen LogP contribution < -0.4 is 9.47 Å². The number of halogens is 2. The van der Waals surface area contributed by atoms with Crippen LogP contribution in [0.1, 0.15) is 69.4 Å². The van der Waals surface area contributed by atoms with Gasteiger partial charge >= 0.3 is 5.97 Å². The molecule has 4 atom stereocenters. The van der Waals surface area contributed by atoms with Crippen LogP contribution in [-0.2, 0) is 30.4 Å². The fourth-order valence-corrected chi connectivity index (χ4v) is 5.78. The number of amides is 1. The van der Waals surface area contributed by atoms with Gasteiger partial charge in [-0.05, 0) is 80.3 Å². The van der Waals surface area contributed by atoms with Gasteiger partial charge in [-0.25, -0.2) is 0 Å². The van der Waals surface area contributed by atoms with E-state index in [2.05, 4.69) is 0 Å². The lowest BCUT2D eigenvalue weighted by Gasteiger charge is -2.48. The average Bonchev–Trinajstić information content (AvgIpc) is 3.00. The zero-order chi connectivity index (χ0) is 32.7. The Morgan fingerprint density at radius 2 is 1.64 bits per heavy atom. The number of morpholine rings is 1. The van der Waals surface area contributed by atoms with E-state index in [0.717, 1.165) is 16.7 Å². The van der Waals surface area contributed by atoms with Gasteiger partial charge in [0.05, 0.1) is 45.9 Å². The highest BCUT2D eigenvalue weighted by atomic mass is 35.5. The summed E-state index contributed by atoms with van der Waals surface area (Å²) in [6.45, 7) is 7.89. The Kier molecular flexibility index (Phi) is 11.8. The van der Waals surface area contributed by atoms with Crippen molar-refractivity contribution >= 4 is 35.1 Å². The third-order valence-corrected chi connectivity index (χ3v) is 7.97. The maximum absolute atomic E-state index is 14.4. The minimum atomic E-state index is -1.08. The zero-order valence-corrected chi connectivity index (χ0v) is 28.1. The van der Waals surface area contributed by atoms with Crippen LogP contribution in [-0.4, -0.2) is 55.3 Å². The molecule has 3 aromatic carbocycles. The van der Waals surface area contributed by atoms with Gasteiger partial charge in [-0.1, -0.05) is 60.5 Å². The first-order valence-corrected chi connectivity index (χ1v) is 15.7. The molecule has 1 heterocycles. The van der Waals surface area contributed by atoms with E-state index in [0.29, 0.717) is 34.6 Å². The fraction of sp³-hybridized carbons (Fsp3) is 0.429. The van der Waals surface area contributed by atoms with Crippen LogP contribution in [0.4, 0.5) is 0 Å². The number of nitrogens with zero attached hydrogens (tertiary/aromatic N) is 1. The number of ether oxygens (including phenoxy) is 5. The van der Waals surface area contributed by atoms with Crippen LogP contribution in [0.25, 0.3) is 0 Å². The molecule has 242 valence electrons. The molecule has 1 aliphatic heterocycles. The van der Waals surface area contributed by atoms with Gasteiger partial charge in [-0.3, -0.25) is 9.59 Å². The number of esters is 1. The Balaban J connectivity index is 1.70. The molecule has 4 rings (SSSR count). The molecule has 1 saturated heterocycles. The van der Waals surface area contributed by atoms with Crippen molar-refractivity contribution in [3.8, 4) is 11.5 Å². The van der Waals surface area contributed by atoms with Gasteiger partial charge < -0.3 is 28.6 Å². The Morgan fingerprint density at radius 3 is 2.27 bits per heavy atom. The van der Waals surface area contributed by atoms with E-state index in [4.69, 9.17) is 46.9 Å². The summed E-state index contributed by atoms with van der Waals surface area (Å²) >= 11 is 12.7. The summed E-state index contributed by atoms with van der Waals surface area (Å²) in [5.74, 6) is 0.389. The van der Waals surface area contributed by atoms with Crippen molar-refractivity contribution in [2.75, 3.05) is 20.8 Å². The summed E-state index contributed by atoms with van der Waals surface area (Å²) in [4.78, 5) is 29.2. The fourth-order valence-electron chi connectivity index (χ4n) is 5.45. The minimum Gasteiger partial charge on any atom is -0.493 e. The topological polar surface area (TPSA) is 83.5 Å². The predicted octanol–water partition coefficient (Wildman–Crippen LogP) is 7.75. The molecule has 0 aliphatic carbocycles. The number of carbonyl (C=O) groups excluding carboxylic acids is 2. The van der Waals surface area contributed by atoms with E-state index >= 15 is 0 Å². The van der Waals surface area contributed by atoms with Crippen molar-refractivity contribution in [1.82, 2.24) is 4.90 Å². The maximum atomic E-state index is 14.4. The molecule has 0 saturated carbocycles. The van der Waals surface area contributed by atoms with Crippen molar-refractivity contribution in [3.63, 3.8) is 0 Å². The number of methoxy groups -OCH3 is 2. The third kappa shape index (κ3) is 8.91. The van der Waals surface area contributed by atoms with E-state index in [1.54, 1.807) is 53.2 Å². The first-order chi connectivity index (χ1) is 21.4. The molecule has 0 aromatic heterocycles. The van der Waals surface area contributed by atoms with Crippen LogP contribution >= 0.6 is 23.2 Å². The van der Waals surface area contributed by atoms with E-state index in [-0.39, 0.29) is 25.0 Å². The highest BCUT2D eigenvalue weighted by Gasteiger charge is 2.47. The van der Waals surface area contributed by atoms with Gasteiger partial charge in [-0.15, -0.1) is 0 Å². The van der Waals surface area contributed by atoms with Crippen LogP contribution in [0.5, 0.6) is 11.5 Å². The molecule has 0 N–H and O–H groups in total. The standard InChI is InChI=1S/C35H41Cl2NO7/c1-7-27(21-43-20-22-11-16-28(41-5)29(17-22)42-6)38-32(23-12-14-25(36)15-13-23)33(24-9-8-10-26(37)18-24)44-30(34(38)40)19-31(39)45-35(2,3)4/h8-18,27,30,32-33H,7,19-21H2,1-6H3/t27-,30?,32+,33-/m0/s1. The molecule has 0 radical (unpaired) electrons. The lowest BCUT2D eigenvalue weighted by molar-refractivity contribution is -0.188. The normalized spacial score (nSPS) is 19.2. The molecule has 3 aromatic rings. The van der Waals surface area contributed by atoms with Gasteiger partial charge in [0.1, 0.15) is 17.8 Å². The highest BCUT2D eigenvalue weighted by molar-refractivity contribution is 6.30. The smallest absolute Gasteiger partial charge is 0.309 e. The quantitative estimate of drug-likeness (QED) is 0.184. The van der Waals surface area contributed by atoms with Crippen LogP contribution in [0.15, 0.2) is 66.7 Å². The largest absolute Gasteiger partial charge is 0.493 e. The SMILES string of the molecule is CC[C@@H](COCc1ccc(OC)c(OC)c1)N1C(=O)C(CC(=O)OC(C)(C)C)O[C@@H](c2cccc(Cl)c2)[C@H]1c1ccc(Cl)cc1. The van der Waals surface area contributed by atoms with Gasteiger partial charge in [0.2, 0.25) is 0 Å². The second kappa shape index (κ2) is 15.3. The Morgan fingerprint density at radius 1 is 0.933 bits per heavy atom. The molecular formula is C35H41Cl2NO7.